The molecule has 0 N–H and O–H groups in total. The van der Waals surface area contributed by atoms with Crippen molar-refractivity contribution < 1.29 is 17.1 Å². The topological polar surface area (TPSA) is 0 Å². The predicted octanol–water partition coefficient (Wildman–Crippen LogP) is 3.25. The minimum absolute atomic E-state index is 0. The van der Waals surface area contributed by atoms with Crippen molar-refractivity contribution in [1.29, 1.82) is 0 Å². The molecular formula is C20H10Cu. The minimum atomic E-state index is 0. The van der Waals surface area contributed by atoms with Gasteiger partial charge in [0.05, 0.1) is 0 Å². The normalized spacial score (nSPS) is 6.76. The zero-order valence-corrected chi connectivity index (χ0v) is 12.0. The second-order valence-corrected chi connectivity index (χ2v) is 3.48. The molecule has 0 saturated carbocycles. The van der Waals surface area contributed by atoms with Gasteiger partial charge < -0.3 is 12.8 Å². The molecule has 2 rings (SSSR count). The van der Waals surface area contributed by atoms with Crippen LogP contribution in [-0.4, -0.2) is 0 Å². The summed E-state index contributed by atoms with van der Waals surface area (Å²) >= 11 is 0. The van der Waals surface area contributed by atoms with Gasteiger partial charge in [-0.2, -0.15) is 11.8 Å². The van der Waals surface area contributed by atoms with Crippen LogP contribution in [0.3, 0.4) is 0 Å². The first-order valence-corrected chi connectivity index (χ1v) is 5.82. The zero-order chi connectivity index (χ0) is 14.5. The summed E-state index contributed by atoms with van der Waals surface area (Å²) in [5, 5.41) is 0. The summed E-state index contributed by atoms with van der Waals surface area (Å²) in [6.45, 7) is 0. The summed E-state index contributed by atoms with van der Waals surface area (Å²) in [7, 11) is 0. The van der Waals surface area contributed by atoms with E-state index < -0.39 is 0 Å². The van der Waals surface area contributed by atoms with Gasteiger partial charge in [0.25, 0.3) is 0 Å². The van der Waals surface area contributed by atoms with Crippen LogP contribution in [0.4, 0.5) is 0 Å². The van der Waals surface area contributed by atoms with Crippen LogP contribution >= 0.6 is 0 Å². The van der Waals surface area contributed by atoms with E-state index in [1.54, 1.807) is 0 Å². The Bertz CT molecular complexity index is 654. The number of hydrogen-bond donors (Lipinski definition) is 0. The first kappa shape index (κ1) is 18.2. The van der Waals surface area contributed by atoms with Gasteiger partial charge in [0.2, 0.25) is 0 Å². The molecule has 0 nitrogen and oxygen atoms in total. The SMILES string of the molecule is [C-]#CC#Cc1ccccc1.[C-]#CC#Cc1ccccc1.[Cu+2]. The fourth-order valence-corrected chi connectivity index (χ4v) is 1.25. The maximum Gasteiger partial charge on any atom is 2.00 e. The molecule has 0 unspecified atom stereocenters. The maximum atomic E-state index is 6.53. The Morgan fingerprint density at radius 1 is 0.571 bits per heavy atom. The average molecular weight is 314 g/mol. The van der Waals surface area contributed by atoms with E-state index in [9.17, 15) is 0 Å². The van der Waals surface area contributed by atoms with Crippen LogP contribution < -0.4 is 0 Å². The van der Waals surface area contributed by atoms with Crippen LogP contribution in [0.5, 0.6) is 0 Å². The summed E-state index contributed by atoms with van der Waals surface area (Å²) < 4.78 is 0. The molecule has 2 aromatic carbocycles. The molecular weight excluding hydrogens is 304 g/mol. The van der Waals surface area contributed by atoms with E-state index in [1.165, 1.54) is 0 Å². The molecule has 1 heteroatoms. The molecule has 0 aromatic heterocycles. The molecule has 21 heavy (non-hydrogen) atoms. The summed E-state index contributed by atoms with van der Waals surface area (Å²) in [5.41, 5.74) is 1.84. The minimum Gasteiger partial charge on any atom is -0.358 e. The molecule has 0 saturated heterocycles. The summed E-state index contributed by atoms with van der Waals surface area (Å²) in [6, 6.07) is 19.1. The van der Waals surface area contributed by atoms with E-state index in [1.807, 2.05) is 72.5 Å². The van der Waals surface area contributed by atoms with Crippen molar-refractivity contribution in [2.75, 3.05) is 0 Å². The van der Waals surface area contributed by atoms with E-state index in [0.717, 1.165) is 11.1 Å². The number of rotatable bonds is 0. The molecule has 0 aliphatic carbocycles. The Kier molecular flexibility index (Phi) is 10.6. The Labute approximate surface area is 137 Å². The van der Waals surface area contributed by atoms with Gasteiger partial charge in [0.1, 0.15) is 0 Å². The fourth-order valence-electron chi connectivity index (χ4n) is 1.25. The van der Waals surface area contributed by atoms with Crippen molar-refractivity contribution in [2.24, 2.45) is 0 Å². The summed E-state index contributed by atoms with van der Waals surface area (Å²) in [4.78, 5) is 0. The average Bonchev–Trinajstić information content (AvgIpc) is 2.53. The molecule has 0 heterocycles. The Hall–Kier alpha value is -2.80. The van der Waals surface area contributed by atoms with Crippen LogP contribution in [0.15, 0.2) is 60.7 Å². The molecule has 2 aromatic rings. The molecule has 0 spiro atoms. The molecule has 0 aliphatic rings. The maximum absolute atomic E-state index is 6.53. The van der Waals surface area contributed by atoms with Crippen LogP contribution in [-0.2, 0) is 17.1 Å². The Morgan fingerprint density at radius 2 is 0.905 bits per heavy atom. The third-order valence-corrected chi connectivity index (χ3v) is 2.09. The molecule has 101 valence electrons. The smallest absolute Gasteiger partial charge is 0.358 e. The van der Waals surface area contributed by atoms with Gasteiger partial charge in [-0.1, -0.05) is 36.4 Å². The van der Waals surface area contributed by atoms with Gasteiger partial charge in [-0.25, -0.2) is 11.8 Å². The van der Waals surface area contributed by atoms with E-state index in [0.29, 0.717) is 0 Å². The largest absolute Gasteiger partial charge is 2.00 e. The monoisotopic (exact) mass is 313 g/mol. The second kappa shape index (κ2) is 12.2. The van der Waals surface area contributed by atoms with Gasteiger partial charge in [0, 0.05) is 11.1 Å². The van der Waals surface area contributed by atoms with Crippen molar-refractivity contribution in [3.05, 3.63) is 84.6 Å². The molecule has 0 fully saturated rings. The van der Waals surface area contributed by atoms with Crippen molar-refractivity contribution in [3.8, 4) is 35.5 Å². The van der Waals surface area contributed by atoms with Crippen LogP contribution in [0.25, 0.3) is 0 Å². The van der Waals surface area contributed by atoms with Crippen molar-refractivity contribution in [2.45, 2.75) is 0 Å². The molecule has 0 atom stereocenters. The van der Waals surface area contributed by atoms with Gasteiger partial charge in [-0.3, -0.25) is 11.8 Å². The Balaban J connectivity index is 0.000000364. The zero-order valence-electron chi connectivity index (χ0n) is 11.1. The first-order chi connectivity index (χ1) is 9.86. The molecule has 0 amide bonds. The fraction of sp³-hybridized carbons (Fsp3) is 0. The molecule has 0 aliphatic heterocycles. The van der Waals surface area contributed by atoms with E-state index in [-0.39, 0.29) is 17.1 Å². The molecule has 0 bridgehead atoms. The summed E-state index contributed by atoms with van der Waals surface area (Å²) in [5.74, 6) is 14.4. The van der Waals surface area contributed by atoms with E-state index in [4.69, 9.17) is 12.8 Å². The first-order valence-electron chi connectivity index (χ1n) is 5.82. The Morgan fingerprint density at radius 3 is 1.19 bits per heavy atom. The van der Waals surface area contributed by atoms with Crippen molar-refractivity contribution in [1.82, 2.24) is 0 Å². The molecule has 1 radical (unpaired) electrons. The number of benzene rings is 2. The van der Waals surface area contributed by atoms with Crippen LogP contribution in [0, 0.1) is 48.4 Å². The van der Waals surface area contributed by atoms with Gasteiger partial charge >= 0.3 is 17.1 Å². The van der Waals surface area contributed by atoms with Crippen molar-refractivity contribution in [3.63, 3.8) is 0 Å². The summed E-state index contributed by atoms with van der Waals surface area (Å²) in [6.07, 6.45) is 13.1. The van der Waals surface area contributed by atoms with Crippen LogP contribution in [0.2, 0.25) is 0 Å². The third-order valence-electron chi connectivity index (χ3n) is 2.09. The van der Waals surface area contributed by atoms with E-state index in [2.05, 4.69) is 23.7 Å². The van der Waals surface area contributed by atoms with Crippen LogP contribution in [0.1, 0.15) is 11.1 Å². The van der Waals surface area contributed by atoms with Gasteiger partial charge in [0.15, 0.2) is 0 Å². The quantitative estimate of drug-likeness (QED) is 0.398. The van der Waals surface area contributed by atoms with Crippen molar-refractivity contribution >= 4 is 0 Å². The third kappa shape index (κ3) is 8.84. The standard InChI is InChI=1S/2C10H5.Cu/c2*1-2-3-7-10-8-5-4-6-9-10;/h2*4-6,8-9H;/q2*-1;+2. The number of hydrogen-bond acceptors (Lipinski definition) is 0. The van der Waals surface area contributed by atoms with E-state index >= 15 is 0 Å². The second-order valence-electron chi connectivity index (χ2n) is 3.48. The predicted molar refractivity (Wildman–Crippen MR) is 80.9 cm³/mol. The van der Waals surface area contributed by atoms with Gasteiger partial charge in [-0.15, -0.1) is 0 Å². The van der Waals surface area contributed by atoms with Gasteiger partial charge in [-0.05, 0) is 24.3 Å².